The zero-order valence-corrected chi connectivity index (χ0v) is 15.2. The van der Waals surface area contributed by atoms with Crippen molar-refractivity contribution in [2.24, 2.45) is 5.41 Å². The van der Waals surface area contributed by atoms with Crippen LogP contribution < -0.4 is 10.1 Å². The molecule has 0 unspecified atom stereocenters. The second-order valence-electron chi connectivity index (χ2n) is 7.16. The Kier molecular flexibility index (Phi) is 3.73. The van der Waals surface area contributed by atoms with Gasteiger partial charge in [0.25, 0.3) is 0 Å². The Hall–Kier alpha value is -2.46. The van der Waals surface area contributed by atoms with Gasteiger partial charge < -0.3 is 10.1 Å². The van der Waals surface area contributed by atoms with E-state index in [0.29, 0.717) is 5.75 Å². The second-order valence-corrected chi connectivity index (χ2v) is 8.24. The van der Waals surface area contributed by atoms with Gasteiger partial charge in [-0.2, -0.15) is 0 Å². The monoisotopic (exact) mass is 349 g/mol. The van der Waals surface area contributed by atoms with E-state index in [2.05, 4.69) is 23.5 Å². The lowest BCUT2D eigenvalue weighted by atomic mass is 9.97. The number of hydrogen-bond acceptors (Lipinski definition) is 4. The van der Waals surface area contributed by atoms with Crippen LogP contribution in [0.2, 0.25) is 0 Å². The number of para-hydroxylation sites is 1. The molecule has 0 aromatic heterocycles. The van der Waals surface area contributed by atoms with Gasteiger partial charge in [0.1, 0.15) is 5.75 Å². The van der Waals surface area contributed by atoms with Gasteiger partial charge in [0, 0.05) is 20.6 Å². The number of carbonyl (C=O) groups is 1. The molecule has 0 bridgehead atoms. The van der Waals surface area contributed by atoms with E-state index >= 15 is 0 Å². The number of ether oxygens (including phenoxy) is 1. The summed E-state index contributed by atoms with van der Waals surface area (Å²) in [6.07, 6.45) is 0. The Morgan fingerprint density at radius 2 is 1.64 bits per heavy atom. The van der Waals surface area contributed by atoms with Crippen molar-refractivity contribution in [3.05, 3.63) is 54.6 Å². The molecule has 1 N–H and O–H groups in total. The maximum absolute atomic E-state index is 12.4. The van der Waals surface area contributed by atoms with E-state index in [1.807, 2.05) is 57.2 Å². The van der Waals surface area contributed by atoms with Crippen LogP contribution >= 0.6 is 11.8 Å². The minimum atomic E-state index is -0.547. The van der Waals surface area contributed by atoms with Crippen molar-refractivity contribution in [2.45, 2.75) is 30.6 Å². The van der Waals surface area contributed by atoms with Crippen molar-refractivity contribution >= 4 is 39.9 Å². The first-order valence-electron chi connectivity index (χ1n) is 8.25. The Morgan fingerprint density at radius 3 is 2.40 bits per heavy atom. The van der Waals surface area contributed by atoms with Crippen LogP contribution in [0.1, 0.15) is 20.8 Å². The van der Waals surface area contributed by atoms with Gasteiger partial charge in [-0.15, -0.1) is 0 Å². The van der Waals surface area contributed by atoms with Gasteiger partial charge in [-0.3, -0.25) is 4.79 Å². The Balaban J connectivity index is 1.86. The number of carbonyl (C=O) groups excluding carboxylic acids is 1. The molecule has 126 valence electrons. The van der Waals surface area contributed by atoms with Crippen molar-refractivity contribution in [3.63, 3.8) is 0 Å². The van der Waals surface area contributed by atoms with Crippen LogP contribution in [-0.2, 0) is 4.79 Å². The van der Waals surface area contributed by atoms with Gasteiger partial charge in [0.15, 0.2) is 0 Å². The van der Waals surface area contributed by atoms with Crippen molar-refractivity contribution in [1.29, 1.82) is 0 Å². The first-order valence-corrected chi connectivity index (χ1v) is 9.07. The van der Waals surface area contributed by atoms with Crippen LogP contribution in [0.4, 0.5) is 11.4 Å². The molecular formula is C21H19NO2S. The molecule has 0 fully saturated rings. The van der Waals surface area contributed by atoms with Crippen LogP contribution in [0.5, 0.6) is 5.75 Å². The fourth-order valence-corrected chi connectivity index (χ4v) is 3.82. The SMILES string of the molecule is CC(C)(C)C(=O)Oc1cc2c(c3ccccc13)Nc1ccccc1S2. The van der Waals surface area contributed by atoms with Crippen LogP contribution in [0.3, 0.4) is 0 Å². The summed E-state index contributed by atoms with van der Waals surface area (Å²) in [7, 11) is 0. The topological polar surface area (TPSA) is 38.3 Å². The summed E-state index contributed by atoms with van der Waals surface area (Å²) >= 11 is 1.69. The smallest absolute Gasteiger partial charge is 0.316 e. The van der Waals surface area contributed by atoms with E-state index in [9.17, 15) is 4.79 Å². The maximum atomic E-state index is 12.4. The standard InChI is InChI=1S/C21H19NO2S/c1-21(2,3)20(23)24-16-12-18-19(14-9-5-4-8-13(14)16)22-15-10-6-7-11-17(15)25-18/h4-12,22H,1-3H3. The molecule has 0 spiro atoms. The molecule has 3 aromatic rings. The van der Waals surface area contributed by atoms with E-state index in [-0.39, 0.29) is 5.97 Å². The zero-order valence-electron chi connectivity index (χ0n) is 14.4. The van der Waals surface area contributed by atoms with E-state index in [4.69, 9.17) is 4.74 Å². The molecule has 0 aliphatic carbocycles. The highest BCUT2D eigenvalue weighted by molar-refractivity contribution is 7.99. The number of hydrogen-bond donors (Lipinski definition) is 1. The van der Waals surface area contributed by atoms with Crippen molar-refractivity contribution in [3.8, 4) is 5.75 Å². The van der Waals surface area contributed by atoms with Gasteiger partial charge in [-0.25, -0.2) is 0 Å². The summed E-state index contributed by atoms with van der Waals surface area (Å²) < 4.78 is 5.77. The summed E-state index contributed by atoms with van der Waals surface area (Å²) in [4.78, 5) is 14.6. The van der Waals surface area contributed by atoms with Crippen LogP contribution in [0.25, 0.3) is 10.8 Å². The molecule has 0 radical (unpaired) electrons. The Bertz CT molecular complexity index is 989. The van der Waals surface area contributed by atoms with Crippen molar-refractivity contribution in [2.75, 3.05) is 5.32 Å². The second kappa shape index (κ2) is 5.81. The molecular weight excluding hydrogens is 330 g/mol. The highest BCUT2D eigenvalue weighted by Crippen LogP contribution is 2.49. The summed E-state index contributed by atoms with van der Waals surface area (Å²) in [6.45, 7) is 5.59. The lowest BCUT2D eigenvalue weighted by Gasteiger charge is -2.24. The van der Waals surface area contributed by atoms with Crippen LogP contribution in [-0.4, -0.2) is 5.97 Å². The Morgan fingerprint density at radius 1 is 0.960 bits per heavy atom. The van der Waals surface area contributed by atoms with E-state index in [1.54, 1.807) is 11.8 Å². The molecule has 0 atom stereocenters. The van der Waals surface area contributed by atoms with Gasteiger partial charge in [-0.1, -0.05) is 48.2 Å². The molecule has 4 heteroatoms. The number of nitrogens with one attached hydrogen (secondary N) is 1. The molecule has 0 amide bonds. The first-order chi connectivity index (χ1) is 11.9. The summed E-state index contributed by atoms with van der Waals surface area (Å²) in [5.74, 6) is 0.384. The summed E-state index contributed by atoms with van der Waals surface area (Å²) in [5, 5.41) is 5.52. The molecule has 3 nitrogen and oxygen atoms in total. The van der Waals surface area contributed by atoms with Gasteiger partial charge in [0.05, 0.1) is 16.8 Å². The lowest BCUT2D eigenvalue weighted by Crippen LogP contribution is -2.25. The quantitative estimate of drug-likeness (QED) is 0.338. The van der Waals surface area contributed by atoms with E-state index in [0.717, 1.165) is 27.0 Å². The number of esters is 1. The molecule has 4 rings (SSSR count). The predicted octanol–water partition coefficient (Wildman–Crippen LogP) is 6.00. The Labute approximate surface area is 151 Å². The summed E-state index contributed by atoms with van der Waals surface area (Å²) in [5.41, 5.74) is 1.62. The largest absolute Gasteiger partial charge is 0.425 e. The van der Waals surface area contributed by atoms with Crippen molar-refractivity contribution in [1.82, 2.24) is 0 Å². The number of anilines is 2. The van der Waals surface area contributed by atoms with Crippen molar-refractivity contribution < 1.29 is 9.53 Å². The molecule has 25 heavy (non-hydrogen) atoms. The van der Waals surface area contributed by atoms with Gasteiger partial charge in [-0.05, 0) is 39.0 Å². The van der Waals surface area contributed by atoms with E-state index < -0.39 is 5.41 Å². The third kappa shape index (κ3) is 2.87. The normalized spacial score (nSPS) is 12.9. The number of rotatable bonds is 1. The molecule has 0 saturated heterocycles. The molecule has 1 heterocycles. The fraction of sp³-hybridized carbons (Fsp3) is 0.190. The lowest BCUT2D eigenvalue weighted by molar-refractivity contribution is -0.142. The molecule has 3 aromatic carbocycles. The van der Waals surface area contributed by atoms with E-state index in [1.165, 1.54) is 4.90 Å². The maximum Gasteiger partial charge on any atom is 0.316 e. The minimum absolute atomic E-state index is 0.230. The minimum Gasteiger partial charge on any atom is -0.425 e. The summed E-state index contributed by atoms with van der Waals surface area (Å²) in [6, 6.07) is 18.2. The number of benzene rings is 3. The van der Waals surface area contributed by atoms with Gasteiger partial charge in [0.2, 0.25) is 0 Å². The predicted molar refractivity (Wildman–Crippen MR) is 103 cm³/mol. The third-order valence-electron chi connectivity index (χ3n) is 4.15. The molecule has 1 aliphatic rings. The average molecular weight is 349 g/mol. The number of fused-ring (bicyclic) bond motifs is 4. The average Bonchev–Trinajstić information content (AvgIpc) is 2.59. The van der Waals surface area contributed by atoms with Crippen LogP contribution in [0.15, 0.2) is 64.4 Å². The van der Waals surface area contributed by atoms with Gasteiger partial charge >= 0.3 is 5.97 Å². The molecule has 1 aliphatic heterocycles. The highest BCUT2D eigenvalue weighted by Gasteiger charge is 2.26. The molecule has 0 saturated carbocycles. The van der Waals surface area contributed by atoms with Crippen LogP contribution in [0, 0.1) is 5.41 Å². The zero-order chi connectivity index (χ0) is 17.6. The fourth-order valence-electron chi connectivity index (χ4n) is 2.78. The highest BCUT2D eigenvalue weighted by atomic mass is 32.2. The third-order valence-corrected chi connectivity index (χ3v) is 5.27. The first kappa shape index (κ1) is 16.0.